The van der Waals surface area contributed by atoms with Crippen molar-refractivity contribution in [3.8, 4) is 5.75 Å². The van der Waals surface area contributed by atoms with Gasteiger partial charge in [0.05, 0.1) is 13.2 Å². The molecule has 0 spiro atoms. The number of hydrogen-bond donors (Lipinski definition) is 3. The second-order valence-corrected chi connectivity index (χ2v) is 4.12. The molecule has 100 valence electrons. The lowest BCUT2D eigenvalue weighted by Gasteiger charge is -2.15. The van der Waals surface area contributed by atoms with Gasteiger partial charge in [0.15, 0.2) is 0 Å². The smallest absolute Gasteiger partial charge is 0.224 e. The summed E-state index contributed by atoms with van der Waals surface area (Å²) in [6, 6.07) is 4.80. The molecular weight excluding hydrogens is 232 g/mol. The summed E-state index contributed by atoms with van der Waals surface area (Å²) in [4.78, 5) is 16.3. The number of phenolic OH excluding ortho intramolecular Hbond substituents is 1. The Kier molecular flexibility index (Phi) is 5.61. The highest BCUT2D eigenvalue weighted by molar-refractivity contribution is 5.90. The number of benzene rings is 1. The number of carbonyl (C=O) groups excluding carboxylic acids is 1. The van der Waals surface area contributed by atoms with Gasteiger partial charge >= 0.3 is 0 Å². The number of carbonyl (C=O) groups is 1. The first-order valence-corrected chi connectivity index (χ1v) is 5.99. The lowest BCUT2D eigenvalue weighted by atomic mass is 10.1. The molecule has 0 bridgehead atoms. The fourth-order valence-corrected chi connectivity index (χ4v) is 1.67. The number of hydroxylamine groups is 1. The quantitative estimate of drug-likeness (QED) is 0.537. The van der Waals surface area contributed by atoms with Crippen LogP contribution in [0.2, 0.25) is 0 Å². The van der Waals surface area contributed by atoms with Crippen molar-refractivity contribution < 1.29 is 14.7 Å². The Bertz CT molecular complexity index is 407. The number of rotatable bonds is 6. The van der Waals surface area contributed by atoms with Crippen LogP contribution in [0.3, 0.4) is 0 Å². The minimum atomic E-state index is -0.168. The zero-order chi connectivity index (χ0) is 13.5. The van der Waals surface area contributed by atoms with Gasteiger partial charge in [0, 0.05) is 17.7 Å². The van der Waals surface area contributed by atoms with Crippen LogP contribution in [-0.2, 0) is 9.63 Å². The number of anilines is 1. The average Bonchev–Trinajstić information content (AvgIpc) is 2.32. The third kappa shape index (κ3) is 4.01. The highest BCUT2D eigenvalue weighted by atomic mass is 16.6. The molecular formula is C13H20N2O3. The Morgan fingerprint density at radius 1 is 1.50 bits per heavy atom. The number of amides is 1. The van der Waals surface area contributed by atoms with Crippen LogP contribution in [0.15, 0.2) is 18.2 Å². The van der Waals surface area contributed by atoms with Crippen LogP contribution in [0.5, 0.6) is 5.75 Å². The minimum Gasteiger partial charge on any atom is -0.508 e. The topological polar surface area (TPSA) is 70.6 Å². The third-order valence-electron chi connectivity index (χ3n) is 2.55. The summed E-state index contributed by atoms with van der Waals surface area (Å²) in [5.74, 6) is 0.141. The van der Waals surface area contributed by atoms with Crippen molar-refractivity contribution in [2.75, 3.05) is 12.4 Å². The van der Waals surface area contributed by atoms with Crippen molar-refractivity contribution in [2.24, 2.45) is 0 Å². The third-order valence-corrected chi connectivity index (χ3v) is 2.55. The van der Waals surface area contributed by atoms with E-state index in [1.807, 2.05) is 13.8 Å². The molecule has 0 aliphatic carbocycles. The van der Waals surface area contributed by atoms with Gasteiger partial charge in [-0.3, -0.25) is 4.79 Å². The van der Waals surface area contributed by atoms with Crippen LogP contribution in [0.1, 0.15) is 38.3 Å². The molecule has 0 saturated carbocycles. The second-order valence-electron chi connectivity index (χ2n) is 4.12. The predicted octanol–water partition coefficient (Wildman–Crippen LogP) is 2.34. The molecule has 18 heavy (non-hydrogen) atoms. The maximum atomic E-state index is 11.5. The zero-order valence-electron chi connectivity index (χ0n) is 11.0. The lowest BCUT2D eigenvalue weighted by Crippen LogP contribution is -2.17. The summed E-state index contributed by atoms with van der Waals surface area (Å²) >= 11 is 0. The molecule has 0 aliphatic rings. The van der Waals surface area contributed by atoms with Gasteiger partial charge in [-0.25, -0.2) is 0 Å². The van der Waals surface area contributed by atoms with Crippen LogP contribution in [0, 0.1) is 0 Å². The SMILES string of the molecule is CCCC(=O)Nc1ccc(O)c(C(C)NOC)c1. The standard InChI is InChI=1S/C13H20N2O3/c1-4-5-13(17)14-10-6-7-12(16)11(8-10)9(2)15-18-3/h6-9,15-16H,4-5H2,1-3H3,(H,14,17). The lowest BCUT2D eigenvalue weighted by molar-refractivity contribution is -0.116. The normalized spacial score (nSPS) is 12.2. The molecule has 1 unspecified atom stereocenters. The zero-order valence-corrected chi connectivity index (χ0v) is 11.0. The van der Waals surface area contributed by atoms with E-state index in [1.54, 1.807) is 18.2 Å². The summed E-state index contributed by atoms with van der Waals surface area (Å²) in [5.41, 5.74) is 4.08. The molecule has 0 aliphatic heterocycles. The van der Waals surface area contributed by atoms with Crippen LogP contribution >= 0.6 is 0 Å². The molecule has 0 saturated heterocycles. The van der Waals surface area contributed by atoms with Crippen LogP contribution in [-0.4, -0.2) is 18.1 Å². The predicted molar refractivity (Wildman–Crippen MR) is 70.2 cm³/mol. The van der Waals surface area contributed by atoms with Gasteiger partial charge in [-0.15, -0.1) is 0 Å². The van der Waals surface area contributed by atoms with Crippen LogP contribution in [0.25, 0.3) is 0 Å². The van der Waals surface area contributed by atoms with E-state index in [4.69, 9.17) is 4.84 Å². The van der Waals surface area contributed by atoms with Crippen molar-refractivity contribution in [1.82, 2.24) is 5.48 Å². The van der Waals surface area contributed by atoms with E-state index in [9.17, 15) is 9.90 Å². The maximum Gasteiger partial charge on any atom is 0.224 e. The molecule has 1 rings (SSSR count). The first-order chi connectivity index (χ1) is 8.58. The van der Waals surface area contributed by atoms with E-state index < -0.39 is 0 Å². The molecule has 0 fully saturated rings. The largest absolute Gasteiger partial charge is 0.508 e. The Balaban J connectivity index is 2.83. The van der Waals surface area contributed by atoms with Gasteiger partial charge < -0.3 is 15.3 Å². The van der Waals surface area contributed by atoms with E-state index >= 15 is 0 Å². The van der Waals surface area contributed by atoms with Gasteiger partial charge in [-0.1, -0.05) is 6.92 Å². The van der Waals surface area contributed by atoms with Gasteiger partial charge in [0.25, 0.3) is 0 Å². The van der Waals surface area contributed by atoms with E-state index in [1.165, 1.54) is 7.11 Å². The number of aromatic hydroxyl groups is 1. The molecule has 1 aromatic rings. The molecule has 1 aromatic carbocycles. The Morgan fingerprint density at radius 2 is 2.22 bits per heavy atom. The fourth-order valence-electron chi connectivity index (χ4n) is 1.67. The van der Waals surface area contributed by atoms with Crippen LogP contribution in [0.4, 0.5) is 5.69 Å². The van der Waals surface area contributed by atoms with Gasteiger partial charge in [-0.2, -0.15) is 5.48 Å². The minimum absolute atomic E-state index is 0.0264. The van der Waals surface area contributed by atoms with Gasteiger partial charge in [0.2, 0.25) is 5.91 Å². The molecule has 0 aromatic heterocycles. The van der Waals surface area contributed by atoms with Gasteiger partial charge in [-0.05, 0) is 31.5 Å². The highest BCUT2D eigenvalue weighted by Gasteiger charge is 2.11. The van der Waals surface area contributed by atoms with E-state index in [0.717, 1.165) is 6.42 Å². The van der Waals surface area contributed by atoms with Crippen molar-refractivity contribution in [2.45, 2.75) is 32.7 Å². The van der Waals surface area contributed by atoms with E-state index in [-0.39, 0.29) is 17.7 Å². The van der Waals surface area contributed by atoms with Crippen LogP contribution < -0.4 is 10.8 Å². The van der Waals surface area contributed by atoms with Crippen molar-refractivity contribution in [3.63, 3.8) is 0 Å². The Hall–Kier alpha value is -1.59. The number of phenols is 1. The van der Waals surface area contributed by atoms with E-state index in [2.05, 4.69) is 10.8 Å². The second kappa shape index (κ2) is 6.98. The monoisotopic (exact) mass is 252 g/mol. The Morgan fingerprint density at radius 3 is 2.83 bits per heavy atom. The highest BCUT2D eigenvalue weighted by Crippen LogP contribution is 2.27. The number of nitrogens with one attached hydrogen (secondary N) is 2. The van der Waals surface area contributed by atoms with Crippen molar-refractivity contribution >= 4 is 11.6 Å². The summed E-state index contributed by atoms with van der Waals surface area (Å²) in [6.45, 7) is 3.81. The maximum absolute atomic E-state index is 11.5. The number of hydrogen-bond acceptors (Lipinski definition) is 4. The fraction of sp³-hybridized carbons (Fsp3) is 0.462. The summed E-state index contributed by atoms with van der Waals surface area (Å²) < 4.78 is 0. The summed E-state index contributed by atoms with van der Waals surface area (Å²) in [5, 5.41) is 12.6. The molecule has 0 radical (unpaired) electrons. The molecule has 1 atom stereocenters. The molecule has 1 amide bonds. The molecule has 0 heterocycles. The van der Waals surface area contributed by atoms with E-state index in [0.29, 0.717) is 17.7 Å². The first-order valence-electron chi connectivity index (χ1n) is 5.99. The van der Waals surface area contributed by atoms with Crippen molar-refractivity contribution in [1.29, 1.82) is 0 Å². The molecule has 3 N–H and O–H groups in total. The molecule has 5 nitrogen and oxygen atoms in total. The van der Waals surface area contributed by atoms with Crippen molar-refractivity contribution in [3.05, 3.63) is 23.8 Å². The van der Waals surface area contributed by atoms with Gasteiger partial charge in [0.1, 0.15) is 5.75 Å². The summed E-state index contributed by atoms with van der Waals surface area (Å²) in [7, 11) is 1.51. The average molecular weight is 252 g/mol. The Labute approximate surface area is 107 Å². The first kappa shape index (κ1) is 14.5. The summed E-state index contributed by atoms with van der Waals surface area (Å²) in [6.07, 6.45) is 1.29. The molecule has 5 heteroatoms.